The van der Waals surface area contributed by atoms with Gasteiger partial charge in [-0.05, 0) is 12.8 Å². The molecule has 0 bridgehead atoms. The van der Waals surface area contributed by atoms with Gasteiger partial charge in [0.1, 0.15) is 5.78 Å². The van der Waals surface area contributed by atoms with Crippen molar-refractivity contribution in [2.45, 2.75) is 26.2 Å². The van der Waals surface area contributed by atoms with Crippen molar-refractivity contribution in [1.82, 2.24) is 0 Å². The third-order valence-corrected chi connectivity index (χ3v) is 3.07. The summed E-state index contributed by atoms with van der Waals surface area (Å²) in [5, 5.41) is 0. The van der Waals surface area contributed by atoms with E-state index >= 15 is 0 Å². The second kappa shape index (κ2) is 1.71. The van der Waals surface area contributed by atoms with E-state index < -0.39 is 0 Å². The lowest BCUT2D eigenvalue weighted by Crippen LogP contribution is -2.44. The fourth-order valence-corrected chi connectivity index (χ4v) is 2.23. The Morgan fingerprint density at radius 1 is 1.80 bits per heavy atom. The topological polar surface area (TPSA) is 17.1 Å². The van der Waals surface area contributed by atoms with E-state index in [4.69, 9.17) is 0 Å². The van der Waals surface area contributed by atoms with E-state index in [0.29, 0.717) is 17.1 Å². The Labute approximate surface area is 61.1 Å². The lowest BCUT2D eigenvalue weighted by Gasteiger charge is -2.42. The lowest BCUT2D eigenvalue weighted by atomic mass is 9.60. The molecule has 0 spiro atoms. The first kappa shape index (κ1) is 6.14. The summed E-state index contributed by atoms with van der Waals surface area (Å²) in [5.74, 6) is 0.851. The van der Waals surface area contributed by atoms with Gasteiger partial charge in [0.25, 0.3) is 0 Å². The Balaban J connectivity index is 2.24. The average Bonchev–Trinajstić information content (AvgIpc) is 2.26. The van der Waals surface area contributed by atoms with Gasteiger partial charge >= 0.3 is 0 Å². The Bertz CT molecular complexity index is 205. The number of rotatable bonds is 1. The van der Waals surface area contributed by atoms with Crippen molar-refractivity contribution in [1.29, 1.82) is 0 Å². The zero-order chi connectivity index (χ0) is 7.19. The van der Waals surface area contributed by atoms with Crippen molar-refractivity contribution >= 4 is 5.78 Å². The maximum absolute atomic E-state index is 11.0. The van der Waals surface area contributed by atoms with Gasteiger partial charge in [-0.2, -0.15) is 0 Å². The molecule has 54 valence electrons. The minimum absolute atomic E-state index is 0.317. The maximum atomic E-state index is 11.0. The molecule has 0 radical (unpaired) electrons. The lowest BCUT2D eigenvalue weighted by molar-refractivity contribution is -0.138. The number of allylic oxidation sites excluding steroid dienone is 2. The van der Waals surface area contributed by atoms with E-state index in [1.165, 1.54) is 0 Å². The quantitative estimate of drug-likeness (QED) is 0.503. The zero-order valence-electron chi connectivity index (χ0n) is 6.26. The monoisotopic (exact) mass is 136 g/mol. The first-order chi connectivity index (χ1) is 4.78. The van der Waals surface area contributed by atoms with Gasteiger partial charge in [-0.3, -0.25) is 4.79 Å². The first-order valence-electron chi connectivity index (χ1n) is 3.99. The van der Waals surface area contributed by atoms with Crippen LogP contribution < -0.4 is 0 Å². The van der Waals surface area contributed by atoms with Crippen LogP contribution in [0.4, 0.5) is 0 Å². The fraction of sp³-hybridized carbons (Fsp3) is 0.667. The number of carbonyl (C=O) groups is 1. The molecule has 0 amide bonds. The van der Waals surface area contributed by atoms with Crippen molar-refractivity contribution in [3.63, 3.8) is 0 Å². The summed E-state index contributed by atoms with van der Waals surface area (Å²) >= 11 is 0. The van der Waals surface area contributed by atoms with E-state index in [0.717, 1.165) is 19.3 Å². The molecule has 0 N–H and O–H groups in total. The molecule has 0 aromatic rings. The summed E-state index contributed by atoms with van der Waals surface area (Å²) in [6.07, 6.45) is 7.37. The van der Waals surface area contributed by atoms with Crippen LogP contribution in [0.1, 0.15) is 26.2 Å². The largest absolute Gasteiger partial charge is 0.299 e. The van der Waals surface area contributed by atoms with Gasteiger partial charge in [-0.1, -0.05) is 19.1 Å². The van der Waals surface area contributed by atoms with Gasteiger partial charge in [0.2, 0.25) is 0 Å². The van der Waals surface area contributed by atoms with Crippen LogP contribution in [0.5, 0.6) is 0 Å². The minimum atomic E-state index is 0.317. The van der Waals surface area contributed by atoms with Gasteiger partial charge < -0.3 is 0 Å². The standard InChI is InChI=1S/C9H12O/c1-2-9-5-3-4-7(9)8(10)6-9/h3,5,7H,2,4,6H2,1H3. The van der Waals surface area contributed by atoms with Crippen LogP contribution in [0.25, 0.3) is 0 Å². The molecule has 0 aromatic carbocycles. The Hall–Kier alpha value is -0.590. The van der Waals surface area contributed by atoms with E-state index in [-0.39, 0.29) is 0 Å². The maximum Gasteiger partial charge on any atom is 0.138 e. The van der Waals surface area contributed by atoms with Crippen molar-refractivity contribution in [2.75, 3.05) is 0 Å². The average molecular weight is 136 g/mol. The number of carbonyl (C=O) groups excluding carboxylic acids is 1. The summed E-state index contributed by atoms with van der Waals surface area (Å²) in [4.78, 5) is 11.0. The molecule has 0 heterocycles. The minimum Gasteiger partial charge on any atom is -0.299 e. The molecule has 0 saturated heterocycles. The number of hydrogen-bond acceptors (Lipinski definition) is 1. The molecule has 2 unspecified atom stereocenters. The molecule has 2 aliphatic rings. The predicted octanol–water partition coefficient (Wildman–Crippen LogP) is 1.93. The third-order valence-electron chi connectivity index (χ3n) is 3.07. The molecule has 1 heteroatoms. The number of hydrogen-bond donors (Lipinski definition) is 0. The summed E-state index contributed by atoms with van der Waals surface area (Å²) in [5.41, 5.74) is 0.317. The van der Waals surface area contributed by atoms with E-state index in [1.54, 1.807) is 0 Å². The Morgan fingerprint density at radius 2 is 2.60 bits per heavy atom. The summed E-state index contributed by atoms with van der Waals surface area (Å²) in [7, 11) is 0. The van der Waals surface area contributed by atoms with Crippen LogP contribution in [0.3, 0.4) is 0 Å². The highest BCUT2D eigenvalue weighted by Gasteiger charge is 2.51. The molecule has 2 rings (SSSR count). The molecule has 0 aliphatic heterocycles. The fourth-order valence-electron chi connectivity index (χ4n) is 2.23. The molecule has 1 nitrogen and oxygen atoms in total. The van der Waals surface area contributed by atoms with E-state index in [9.17, 15) is 4.79 Å². The van der Waals surface area contributed by atoms with Gasteiger partial charge in [0.05, 0.1) is 0 Å². The molecule has 2 atom stereocenters. The van der Waals surface area contributed by atoms with Crippen LogP contribution >= 0.6 is 0 Å². The summed E-state index contributed by atoms with van der Waals surface area (Å²) in [6.45, 7) is 2.18. The Morgan fingerprint density at radius 3 is 3.10 bits per heavy atom. The van der Waals surface area contributed by atoms with Crippen molar-refractivity contribution in [3.8, 4) is 0 Å². The summed E-state index contributed by atoms with van der Waals surface area (Å²) < 4.78 is 0. The highest BCUT2D eigenvalue weighted by atomic mass is 16.1. The van der Waals surface area contributed by atoms with Crippen LogP contribution in [0, 0.1) is 11.3 Å². The van der Waals surface area contributed by atoms with Crippen LogP contribution in [-0.2, 0) is 4.79 Å². The second-order valence-electron chi connectivity index (χ2n) is 3.42. The zero-order valence-corrected chi connectivity index (χ0v) is 6.26. The van der Waals surface area contributed by atoms with E-state index in [1.807, 2.05) is 0 Å². The highest BCUT2D eigenvalue weighted by molar-refractivity contribution is 5.90. The van der Waals surface area contributed by atoms with Gasteiger partial charge in [0, 0.05) is 17.8 Å². The van der Waals surface area contributed by atoms with Crippen LogP contribution in [-0.4, -0.2) is 5.78 Å². The number of ketones is 1. The third kappa shape index (κ3) is 0.511. The van der Waals surface area contributed by atoms with Gasteiger partial charge in [-0.15, -0.1) is 0 Å². The molecule has 0 aromatic heterocycles. The van der Waals surface area contributed by atoms with Crippen molar-refractivity contribution in [3.05, 3.63) is 12.2 Å². The smallest absolute Gasteiger partial charge is 0.138 e. The number of Topliss-reactive ketones (excluding diaryl/α,β-unsaturated/α-hetero) is 1. The van der Waals surface area contributed by atoms with Crippen molar-refractivity contribution < 1.29 is 4.79 Å². The molecule has 1 saturated carbocycles. The SMILES string of the molecule is CCC12C=CCC1C(=O)C2. The van der Waals surface area contributed by atoms with E-state index in [2.05, 4.69) is 19.1 Å². The number of fused-ring (bicyclic) bond motifs is 1. The van der Waals surface area contributed by atoms with Crippen molar-refractivity contribution in [2.24, 2.45) is 11.3 Å². The van der Waals surface area contributed by atoms with Crippen LogP contribution in [0.2, 0.25) is 0 Å². The van der Waals surface area contributed by atoms with Crippen LogP contribution in [0.15, 0.2) is 12.2 Å². The second-order valence-corrected chi connectivity index (χ2v) is 3.42. The molecular weight excluding hydrogens is 124 g/mol. The van der Waals surface area contributed by atoms with Gasteiger partial charge in [0.15, 0.2) is 0 Å². The normalized spacial score (nSPS) is 43.3. The first-order valence-corrected chi connectivity index (χ1v) is 3.99. The highest BCUT2D eigenvalue weighted by Crippen LogP contribution is 2.53. The predicted molar refractivity (Wildman–Crippen MR) is 39.6 cm³/mol. The molecule has 10 heavy (non-hydrogen) atoms. The van der Waals surface area contributed by atoms with Gasteiger partial charge in [-0.25, -0.2) is 0 Å². The molecule has 2 aliphatic carbocycles. The summed E-state index contributed by atoms with van der Waals surface area (Å²) in [6, 6.07) is 0. The molecular formula is C9H12O. The Kier molecular flexibility index (Phi) is 1.05. The molecule has 1 fully saturated rings.